The van der Waals surface area contributed by atoms with Crippen LogP contribution in [0.15, 0.2) is 48.5 Å². The van der Waals surface area contributed by atoms with Crippen molar-refractivity contribution in [3.8, 4) is 5.69 Å². The number of benzene rings is 2. The highest BCUT2D eigenvalue weighted by molar-refractivity contribution is 7.83. The molecule has 1 atom stereocenters. The molecule has 29 heavy (non-hydrogen) atoms. The monoisotopic (exact) mass is 419 g/mol. The zero-order chi connectivity index (χ0) is 20.8. The minimum atomic E-state index is -4.66. The Balaban J connectivity index is 1.80. The van der Waals surface area contributed by atoms with Gasteiger partial charge < -0.3 is 5.32 Å². The number of hydrogen-bond donors (Lipinski definition) is 1. The number of carbonyl (C=O) groups excluding carboxylic acids is 1. The van der Waals surface area contributed by atoms with Crippen LogP contribution in [0.2, 0.25) is 0 Å². The summed E-state index contributed by atoms with van der Waals surface area (Å²) >= 11 is 0. The van der Waals surface area contributed by atoms with Gasteiger partial charge >= 0.3 is 6.18 Å². The predicted octanol–water partition coefficient (Wildman–Crippen LogP) is 4.21. The molecule has 150 valence electrons. The van der Waals surface area contributed by atoms with Crippen molar-refractivity contribution in [2.45, 2.75) is 24.6 Å². The van der Waals surface area contributed by atoms with Crippen molar-refractivity contribution in [1.82, 2.24) is 9.78 Å². The molecule has 2 aromatic carbocycles. The van der Waals surface area contributed by atoms with E-state index in [0.29, 0.717) is 16.9 Å². The Morgan fingerprint density at radius 1 is 1.10 bits per heavy atom. The molecule has 5 nitrogen and oxygen atoms in total. The van der Waals surface area contributed by atoms with E-state index in [-0.39, 0.29) is 17.3 Å². The highest BCUT2D eigenvalue weighted by Crippen LogP contribution is 2.35. The molecule has 1 unspecified atom stereocenters. The van der Waals surface area contributed by atoms with Crippen molar-refractivity contribution in [2.24, 2.45) is 0 Å². The highest BCUT2D eigenvalue weighted by atomic mass is 32.2. The first-order valence-corrected chi connectivity index (χ1v) is 10.2. The van der Waals surface area contributed by atoms with E-state index in [1.165, 1.54) is 16.8 Å². The lowest BCUT2D eigenvalue weighted by Crippen LogP contribution is -2.21. The number of aryl methyl sites for hydroxylation is 1. The molecule has 0 fully saturated rings. The third kappa shape index (κ3) is 3.57. The SMILES string of the molecule is Cc1ccccc1-n1nc2c(c1NC(=O)c1ccccc1C(F)(F)F)CS(=O)C2. The summed E-state index contributed by atoms with van der Waals surface area (Å²) in [6.07, 6.45) is -4.66. The number of rotatable bonds is 3. The second-order valence-corrected chi connectivity index (χ2v) is 8.16. The quantitative estimate of drug-likeness (QED) is 0.692. The van der Waals surface area contributed by atoms with Crippen LogP contribution < -0.4 is 5.32 Å². The first kappa shape index (κ1) is 19.4. The zero-order valence-electron chi connectivity index (χ0n) is 15.3. The number of amides is 1. The van der Waals surface area contributed by atoms with Crippen LogP contribution in [0.4, 0.5) is 19.0 Å². The largest absolute Gasteiger partial charge is 0.417 e. The van der Waals surface area contributed by atoms with Gasteiger partial charge in [0.05, 0.1) is 34.0 Å². The Morgan fingerprint density at radius 3 is 2.52 bits per heavy atom. The fourth-order valence-electron chi connectivity index (χ4n) is 3.33. The van der Waals surface area contributed by atoms with Crippen molar-refractivity contribution in [3.05, 3.63) is 76.5 Å². The topological polar surface area (TPSA) is 64.0 Å². The summed E-state index contributed by atoms with van der Waals surface area (Å²) in [6, 6.07) is 11.9. The van der Waals surface area contributed by atoms with Crippen molar-refractivity contribution in [1.29, 1.82) is 0 Å². The molecule has 0 radical (unpaired) electrons. The van der Waals surface area contributed by atoms with Gasteiger partial charge in [0.25, 0.3) is 5.91 Å². The van der Waals surface area contributed by atoms with Gasteiger partial charge in [0.15, 0.2) is 0 Å². The van der Waals surface area contributed by atoms with Gasteiger partial charge in [-0.2, -0.15) is 18.3 Å². The number of halogens is 3. The summed E-state index contributed by atoms with van der Waals surface area (Å²) in [5.74, 6) is -0.205. The molecular formula is C20H16F3N3O2S. The lowest BCUT2D eigenvalue weighted by atomic mass is 10.1. The van der Waals surface area contributed by atoms with Gasteiger partial charge in [0, 0.05) is 16.4 Å². The molecule has 2 heterocycles. The molecule has 1 aliphatic heterocycles. The molecule has 4 rings (SSSR count). The number of anilines is 1. The Bertz CT molecular complexity index is 1140. The van der Waals surface area contributed by atoms with E-state index < -0.39 is 34.0 Å². The van der Waals surface area contributed by atoms with Crippen LogP contribution in [0.1, 0.15) is 32.7 Å². The van der Waals surface area contributed by atoms with Gasteiger partial charge in [-0.15, -0.1) is 0 Å². The molecule has 3 aromatic rings. The van der Waals surface area contributed by atoms with Crippen molar-refractivity contribution in [3.63, 3.8) is 0 Å². The van der Waals surface area contributed by atoms with Gasteiger partial charge in [0.1, 0.15) is 5.82 Å². The first-order chi connectivity index (χ1) is 13.8. The van der Waals surface area contributed by atoms with E-state index >= 15 is 0 Å². The van der Waals surface area contributed by atoms with Crippen LogP contribution in [-0.4, -0.2) is 19.9 Å². The van der Waals surface area contributed by atoms with Gasteiger partial charge in [-0.25, -0.2) is 4.68 Å². The Hall–Kier alpha value is -2.94. The lowest BCUT2D eigenvalue weighted by Gasteiger charge is -2.15. The van der Waals surface area contributed by atoms with E-state index in [1.54, 1.807) is 12.1 Å². The van der Waals surface area contributed by atoms with Crippen molar-refractivity contribution >= 4 is 22.5 Å². The van der Waals surface area contributed by atoms with Gasteiger partial charge in [-0.3, -0.25) is 9.00 Å². The molecule has 0 saturated heterocycles. The highest BCUT2D eigenvalue weighted by Gasteiger charge is 2.36. The number of nitrogens with one attached hydrogen (secondary N) is 1. The molecule has 9 heteroatoms. The normalized spacial score (nSPS) is 15.9. The average molecular weight is 419 g/mol. The maximum atomic E-state index is 13.3. The van der Waals surface area contributed by atoms with Crippen LogP contribution in [0.5, 0.6) is 0 Å². The van der Waals surface area contributed by atoms with Crippen molar-refractivity contribution in [2.75, 3.05) is 5.32 Å². The zero-order valence-corrected chi connectivity index (χ0v) is 16.1. The summed E-state index contributed by atoms with van der Waals surface area (Å²) < 4.78 is 53.4. The summed E-state index contributed by atoms with van der Waals surface area (Å²) in [6.45, 7) is 1.87. The van der Waals surface area contributed by atoms with E-state index in [0.717, 1.165) is 17.7 Å². The average Bonchev–Trinajstić information content (AvgIpc) is 3.18. The Kier molecular flexibility index (Phi) is 4.77. The Morgan fingerprint density at radius 2 is 1.79 bits per heavy atom. The molecule has 0 saturated carbocycles. The van der Waals surface area contributed by atoms with Crippen molar-refractivity contribution < 1.29 is 22.2 Å². The number of para-hydroxylation sites is 1. The molecule has 0 bridgehead atoms. The number of aromatic nitrogens is 2. The van der Waals surface area contributed by atoms with Crippen LogP contribution >= 0.6 is 0 Å². The lowest BCUT2D eigenvalue weighted by molar-refractivity contribution is -0.137. The third-order valence-electron chi connectivity index (χ3n) is 4.72. The van der Waals surface area contributed by atoms with Gasteiger partial charge in [0.2, 0.25) is 0 Å². The second kappa shape index (κ2) is 7.14. The maximum Gasteiger partial charge on any atom is 0.417 e. The van der Waals surface area contributed by atoms with Gasteiger partial charge in [-0.05, 0) is 30.7 Å². The van der Waals surface area contributed by atoms with Crippen LogP contribution in [0.25, 0.3) is 5.69 Å². The number of carbonyl (C=O) groups is 1. The first-order valence-electron chi connectivity index (χ1n) is 8.75. The minimum absolute atomic E-state index is 0.192. The fourth-order valence-corrected chi connectivity index (χ4v) is 4.60. The summed E-state index contributed by atoms with van der Waals surface area (Å²) in [4.78, 5) is 12.8. The maximum absolute atomic E-state index is 13.3. The number of fused-ring (bicyclic) bond motifs is 1. The minimum Gasteiger partial charge on any atom is -0.306 e. The standard InChI is InChI=1S/C20H16F3N3O2S/c1-12-6-2-5-9-17(12)26-18(14-10-29(28)11-16(14)25-26)24-19(27)13-7-3-4-8-15(13)20(21,22)23/h2-9H,10-11H2,1H3,(H,24,27). The summed E-state index contributed by atoms with van der Waals surface area (Å²) in [7, 11) is -1.15. The molecule has 0 spiro atoms. The summed E-state index contributed by atoms with van der Waals surface area (Å²) in [5.41, 5.74) is 1.23. The van der Waals surface area contributed by atoms with Crippen LogP contribution in [0, 0.1) is 6.92 Å². The molecule has 0 aliphatic carbocycles. The molecule has 1 N–H and O–H groups in total. The molecule has 1 amide bonds. The van der Waals surface area contributed by atoms with Crippen LogP contribution in [0.3, 0.4) is 0 Å². The van der Waals surface area contributed by atoms with E-state index in [1.807, 2.05) is 19.1 Å². The Labute approximate surface area is 167 Å². The van der Waals surface area contributed by atoms with Gasteiger partial charge in [-0.1, -0.05) is 30.3 Å². The summed E-state index contributed by atoms with van der Waals surface area (Å²) in [5, 5.41) is 7.07. The molecule has 1 aromatic heterocycles. The smallest absolute Gasteiger partial charge is 0.306 e. The second-order valence-electron chi connectivity index (χ2n) is 6.70. The fraction of sp³-hybridized carbons (Fsp3) is 0.200. The van der Waals surface area contributed by atoms with Crippen LogP contribution in [-0.2, 0) is 28.5 Å². The third-order valence-corrected chi connectivity index (χ3v) is 5.93. The number of nitrogens with zero attached hydrogens (tertiary/aromatic N) is 2. The molecule has 1 aliphatic rings. The molecular weight excluding hydrogens is 403 g/mol. The van der Waals surface area contributed by atoms with E-state index in [9.17, 15) is 22.2 Å². The number of hydrogen-bond acceptors (Lipinski definition) is 3. The van der Waals surface area contributed by atoms with E-state index in [2.05, 4.69) is 10.4 Å². The van der Waals surface area contributed by atoms with E-state index in [4.69, 9.17) is 0 Å². The predicted molar refractivity (Wildman–Crippen MR) is 103 cm³/mol. The number of alkyl halides is 3.